The first-order valence-electron chi connectivity index (χ1n) is 5.58. The minimum Gasteiger partial charge on any atom is -0.348 e. The summed E-state index contributed by atoms with van der Waals surface area (Å²) in [7, 11) is 0. The van der Waals surface area contributed by atoms with Gasteiger partial charge in [0.05, 0.1) is 19.3 Å². The van der Waals surface area contributed by atoms with Crippen LogP contribution in [0.25, 0.3) is 0 Å². The van der Waals surface area contributed by atoms with E-state index in [4.69, 9.17) is 15.2 Å². The predicted octanol–water partition coefficient (Wildman–Crippen LogP) is 1.66. The Hall–Kier alpha value is -0.120. The van der Waals surface area contributed by atoms with Gasteiger partial charge in [0.15, 0.2) is 5.79 Å². The smallest absolute Gasteiger partial charge is 0.183 e. The maximum Gasteiger partial charge on any atom is 0.183 e. The van der Waals surface area contributed by atoms with Crippen LogP contribution >= 0.6 is 0 Å². The lowest BCUT2D eigenvalue weighted by Crippen LogP contribution is -2.59. The molecule has 0 bridgehead atoms. The maximum absolute atomic E-state index is 6.08. The zero-order valence-electron chi connectivity index (χ0n) is 9.21. The van der Waals surface area contributed by atoms with Crippen molar-refractivity contribution in [3.63, 3.8) is 0 Å². The highest BCUT2D eigenvalue weighted by atomic mass is 16.7. The summed E-state index contributed by atoms with van der Waals surface area (Å²) in [6, 6.07) is 0.0624. The van der Waals surface area contributed by atoms with Gasteiger partial charge in [-0.15, -0.1) is 0 Å². The summed E-state index contributed by atoms with van der Waals surface area (Å²) < 4.78 is 11.8. The van der Waals surface area contributed by atoms with Gasteiger partial charge in [-0.1, -0.05) is 20.3 Å². The van der Waals surface area contributed by atoms with Crippen molar-refractivity contribution in [1.82, 2.24) is 0 Å². The Kier molecular flexibility index (Phi) is 2.58. The van der Waals surface area contributed by atoms with E-state index in [1.807, 2.05) is 0 Å². The van der Waals surface area contributed by atoms with Crippen molar-refractivity contribution in [1.29, 1.82) is 0 Å². The highest BCUT2D eigenvalue weighted by Crippen LogP contribution is 2.38. The summed E-state index contributed by atoms with van der Waals surface area (Å²) in [4.78, 5) is 0. The topological polar surface area (TPSA) is 44.5 Å². The quantitative estimate of drug-likeness (QED) is 0.645. The molecule has 2 rings (SSSR count). The Morgan fingerprint density at radius 3 is 2.36 bits per heavy atom. The van der Waals surface area contributed by atoms with Gasteiger partial charge in [-0.25, -0.2) is 0 Å². The van der Waals surface area contributed by atoms with E-state index < -0.39 is 5.79 Å². The van der Waals surface area contributed by atoms with E-state index in [1.165, 1.54) is 12.8 Å². The fourth-order valence-electron chi connectivity index (χ4n) is 2.22. The molecular formula is C11H21NO2. The molecule has 1 spiro atoms. The molecule has 2 fully saturated rings. The normalized spacial score (nSPS) is 35.8. The van der Waals surface area contributed by atoms with Crippen LogP contribution in [0.5, 0.6) is 0 Å². The van der Waals surface area contributed by atoms with Crippen LogP contribution in [0.1, 0.15) is 39.5 Å². The van der Waals surface area contributed by atoms with Gasteiger partial charge in [0.25, 0.3) is 0 Å². The molecule has 2 aliphatic rings. The molecule has 0 aromatic carbocycles. The van der Waals surface area contributed by atoms with E-state index in [1.54, 1.807) is 0 Å². The van der Waals surface area contributed by atoms with Gasteiger partial charge >= 0.3 is 0 Å². The van der Waals surface area contributed by atoms with E-state index in [0.717, 1.165) is 26.1 Å². The number of hydrogen-bond acceptors (Lipinski definition) is 3. The van der Waals surface area contributed by atoms with Crippen LogP contribution in [0.4, 0.5) is 0 Å². The van der Waals surface area contributed by atoms with Gasteiger partial charge in [0.1, 0.15) is 0 Å². The van der Waals surface area contributed by atoms with E-state index in [2.05, 4.69) is 13.8 Å². The molecule has 0 aromatic rings. The number of nitrogens with two attached hydrogens (primary N) is 1. The number of rotatable bonds is 0. The van der Waals surface area contributed by atoms with Crippen molar-refractivity contribution >= 4 is 0 Å². The Labute approximate surface area is 85.9 Å². The van der Waals surface area contributed by atoms with Gasteiger partial charge in [-0.3, -0.25) is 0 Å². The first-order chi connectivity index (χ1) is 6.54. The lowest BCUT2D eigenvalue weighted by molar-refractivity contribution is -0.316. The summed E-state index contributed by atoms with van der Waals surface area (Å²) >= 11 is 0. The molecule has 1 unspecified atom stereocenters. The Balaban J connectivity index is 2.03. The van der Waals surface area contributed by atoms with Crippen molar-refractivity contribution in [2.75, 3.05) is 13.2 Å². The van der Waals surface area contributed by atoms with Gasteiger partial charge in [0.2, 0.25) is 0 Å². The molecule has 14 heavy (non-hydrogen) atoms. The summed E-state index contributed by atoms with van der Waals surface area (Å²) in [5, 5.41) is 0. The van der Waals surface area contributed by atoms with Crippen molar-refractivity contribution in [2.45, 2.75) is 51.4 Å². The van der Waals surface area contributed by atoms with Crippen molar-refractivity contribution in [3.05, 3.63) is 0 Å². The zero-order chi connectivity index (χ0) is 10.2. The largest absolute Gasteiger partial charge is 0.348 e. The Morgan fingerprint density at radius 2 is 1.79 bits per heavy atom. The summed E-state index contributed by atoms with van der Waals surface area (Å²) in [6.07, 6.45) is 4.37. The standard InChI is InChI=1S/C11H21NO2/c1-10(2)7-13-11(14-8-10)6-4-3-5-9(11)12/h9H,3-8,12H2,1-2H3. The first kappa shape index (κ1) is 10.4. The van der Waals surface area contributed by atoms with Crippen LogP contribution in [-0.2, 0) is 9.47 Å². The molecule has 3 nitrogen and oxygen atoms in total. The molecule has 1 saturated heterocycles. The van der Waals surface area contributed by atoms with Crippen LogP contribution in [-0.4, -0.2) is 25.0 Å². The molecule has 1 heterocycles. The minimum atomic E-state index is -0.451. The monoisotopic (exact) mass is 199 g/mol. The molecule has 2 N–H and O–H groups in total. The lowest BCUT2D eigenvalue weighted by Gasteiger charge is -2.48. The molecule has 0 amide bonds. The van der Waals surface area contributed by atoms with Crippen LogP contribution in [0, 0.1) is 5.41 Å². The van der Waals surface area contributed by atoms with Crippen molar-refractivity contribution in [3.8, 4) is 0 Å². The van der Waals surface area contributed by atoms with Gasteiger partial charge in [-0.2, -0.15) is 0 Å². The fraction of sp³-hybridized carbons (Fsp3) is 1.00. The third-order valence-electron chi connectivity index (χ3n) is 3.27. The van der Waals surface area contributed by atoms with E-state index in [0.29, 0.717) is 0 Å². The highest BCUT2D eigenvalue weighted by molar-refractivity contribution is 4.91. The van der Waals surface area contributed by atoms with Crippen LogP contribution < -0.4 is 5.73 Å². The van der Waals surface area contributed by atoms with Gasteiger partial charge < -0.3 is 15.2 Å². The molecule has 0 radical (unpaired) electrons. The SMILES string of the molecule is CC1(C)COC2(CCCCC2N)OC1. The molecule has 0 aromatic heterocycles. The van der Waals surface area contributed by atoms with Gasteiger partial charge in [-0.05, 0) is 12.8 Å². The molecule has 1 aliphatic heterocycles. The maximum atomic E-state index is 6.08. The van der Waals surface area contributed by atoms with Crippen LogP contribution in [0.3, 0.4) is 0 Å². The molecular weight excluding hydrogens is 178 g/mol. The molecule has 1 saturated carbocycles. The first-order valence-corrected chi connectivity index (χ1v) is 5.58. The zero-order valence-corrected chi connectivity index (χ0v) is 9.21. The highest BCUT2D eigenvalue weighted by Gasteiger charge is 2.46. The third kappa shape index (κ3) is 1.81. The minimum absolute atomic E-state index is 0.0624. The Bertz CT molecular complexity index is 205. The summed E-state index contributed by atoms with van der Waals surface area (Å²) in [5.74, 6) is -0.451. The van der Waals surface area contributed by atoms with Gasteiger partial charge in [0, 0.05) is 11.8 Å². The third-order valence-corrected chi connectivity index (χ3v) is 3.27. The molecule has 1 atom stereocenters. The molecule has 1 aliphatic carbocycles. The predicted molar refractivity (Wildman–Crippen MR) is 54.9 cm³/mol. The van der Waals surface area contributed by atoms with Crippen molar-refractivity contribution < 1.29 is 9.47 Å². The molecule has 82 valence electrons. The summed E-state index contributed by atoms with van der Waals surface area (Å²) in [6.45, 7) is 5.85. The second-order valence-electron chi connectivity index (χ2n) is 5.41. The molecule has 3 heteroatoms. The number of hydrogen-bond donors (Lipinski definition) is 1. The number of ether oxygens (including phenoxy) is 2. The van der Waals surface area contributed by atoms with E-state index in [-0.39, 0.29) is 11.5 Å². The van der Waals surface area contributed by atoms with Crippen LogP contribution in [0.2, 0.25) is 0 Å². The second kappa shape index (κ2) is 3.47. The van der Waals surface area contributed by atoms with Crippen LogP contribution in [0.15, 0.2) is 0 Å². The average molecular weight is 199 g/mol. The fourth-order valence-corrected chi connectivity index (χ4v) is 2.22. The second-order valence-corrected chi connectivity index (χ2v) is 5.41. The lowest BCUT2D eigenvalue weighted by atomic mass is 9.86. The average Bonchev–Trinajstić information content (AvgIpc) is 2.15. The van der Waals surface area contributed by atoms with Crippen molar-refractivity contribution in [2.24, 2.45) is 11.1 Å². The Morgan fingerprint density at radius 1 is 1.14 bits per heavy atom. The van der Waals surface area contributed by atoms with E-state index in [9.17, 15) is 0 Å². The summed E-state index contributed by atoms with van der Waals surface area (Å²) in [5.41, 5.74) is 6.22. The van der Waals surface area contributed by atoms with E-state index >= 15 is 0 Å².